The van der Waals surface area contributed by atoms with E-state index in [-0.39, 0.29) is 24.5 Å². The topological polar surface area (TPSA) is 70.2 Å². The van der Waals surface area contributed by atoms with Gasteiger partial charge in [0, 0.05) is 26.2 Å². The average Bonchev–Trinajstić information content (AvgIpc) is 3.02. The highest BCUT2D eigenvalue weighted by atomic mass is 32.2. The van der Waals surface area contributed by atoms with Crippen molar-refractivity contribution in [2.45, 2.75) is 20.3 Å². The molecule has 30 heavy (non-hydrogen) atoms. The summed E-state index contributed by atoms with van der Waals surface area (Å²) < 4.78 is 5.38. The van der Waals surface area contributed by atoms with Crippen LogP contribution in [-0.4, -0.2) is 76.3 Å². The zero-order valence-corrected chi connectivity index (χ0v) is 18.8. The van der Waals surface area contributed by atoms with E-state index in [0.717, 1.165) is 12.0 Å². The van der Waals surface area contributed by atoms with E-state index in [0.29, 0.717) is 42.0 Å². The first-order valence-electron chi connectivity index (χ1n) is 9.96. The Kier molecular flexibility index (Phi) is 7.49. The second-order valence-electron chi connectivity index (χ2n) is 6.93. The van der Waals surface area contributed by atoms with Crippen molar-refractivity contribution >= 4 is 52.3 Å². The van der Waals surface area contributed by atoms with Gasteiger partial charge in [0.2, 0.25) is 5.91 Å². The second kappa shape index (κ2) is 10.1. The summed E-state index contributed by atoms with van der Waals surface area (Å²) in [5.74, 6) is -0.425. The Balaban J connectivity index is 1.58. The summed E-state index contributed by atoms with van der Waals surface area (Å²) in [4.78, 5) is 42.4. The fourth-order valence-electron chi connectivity index (χ4n) is 3.23. The van der Waals surface area contributed by atoms with Crippen LogP contribution in [0.1, 0.15) is 25.0 Å². The highest BCUT2D eigenvalue weighted by Crippen LogP contribution is 2.32. The fraction of sp³-hybridized carbons (Fsp3) is 0.429. The molecule has 1 aromatic rings. The number of nitrogens with zero attached hydrogens (tertiary/aromatic N) is 3. The number of carbonyl (C=O) groups excluding carboxylic acids is 3. The molecule has 0 bridgehead atoms. The van der Waals surface area contributed by atoms with Crippen LogP contribution in [-0.2, 0) is 20.7 Å². The number of rotatable bonds is 5. The molecular formula is C21H25N3O4S2. The monoisotopic (exact) mass is 447 g/mol. The number of thioether (sulfide) groups is 1. The number of carbonyl (C=O) groups is 3. The molecule has 7 nitrogen and oxygen atoms in total. The van der Waals surface area contributed by atoms with E-state index < -0.39 is 0 Å². The number of hydrogen-bond donors (Lipinski definition) is 0. The van der Waals surface area contributed by atoms with Crippen molar-refractivity contribution in [2.75, 3.05) is 39.3 Å². The molecule has 0 aromatic heterocycles. The molecule has 9 heteroatoms. The molecule has 0 atom stereocenters. The van der Waals surface area contributed by atoms with Gasteiger partial charge in [-0.3, -0.25) is 14.5 Å². The second-order valence-corrected chi connectivity index (χ2v) is 8.61. The Morgan fingerprint density at radius 2 is 1.73 bits per heavy atom. The first-order valence-corrected chi connectivity index (χ1v) is 11.2. The Morgan fingerprint density at radius 1 is 1.10 bits per heavy atom. The van der Waals surface area contributed by atoms with Crippen LogP contribution >= 0.6 is 24.0 Å². The van der Waals surface area contributed by atoms with Gasteiger partial charge in [-0.05, 0) is 30.5 Å². The summed E-state index contributed by atoms with van der Waals surface area (Å²) >= 11 is 6.55. The molecule has 2 fully saturated rings. The van der Waals surface area contributed by atoms with Gasteiger partial charge >= 0.3 is 6.09 Å². The van der Waals surface area contributed by atoms with Crippen molar-refractivity contribution in [3.63, 3.8) is 0 Å². The van der Waals surface area contributed by atoms with Gasteiger partial charge in [0.1, 0.15) is 10.9 Å². The van der Waals surface area contributed by atoms with Crippen molar-refractivity contribution in [2.24, 2.45) is 0 Å². The third-order valence-corrected chi connectivity index (χ3v) is 6.39. The zero-order chi connectivity index (χ0) is 21.7. The number of hydrogen-bond acceptors (Lipinski definition) is 6. The number of benzene rings is 1. The molecule has 3 rings (SSSR count). The molecule has 2 saturated heterocycles. The molecule has 0 saturated carbocycles. The van der Waals surface area contributed by atoms with Crippen LogP contribution in [0.5, 0.6) is 0 Å². The molecule has 0 aliphatic carbocycles. The molecule has 2 aliphatic rings. The lowest BCUT2D eigenvalue weighted by molar-refractivity contribution is -0.136. The van der Waals surface area contributed by atoms with Crippen molar-refractivity contribution in [1.82, 2.24) is 14.7 Å². The maximum atomic E-state index is 12.8. The lowest BCUT2D eigenvalue weighted by Crippen LogP contribution is -2.53. The van der Waals surface area contributed by atoms with E-state index in [4.69, 9.17) is 17.0 Å². The molecule has 2 heterocycles. The molecule has 0 N–H and O–H groups in total. The third-order valence-electron chi connectivity index (χ3n) is 5.01. The fourth-order valence-corrected chi connectivity index (χ4v) is 4.48. The quantitative estimate of drug-likeness (QED) is 0.511. The lowest BCUT2D eigenvalue weighted by Gasteiger charge is -2.34. The maximum Gasteiger partial charge on any atom is 0.409 e. The third kappa shape index (κ3) is 5.20. The van der Waals surface area contributed by atoms with Crippen molar-refractivity contribution < 1.29 is 19.1 Å². The van der Waals surface area contributed by atoms with E-state index in [1.54, 1.807) is 22.8 Å². The smallest absolute Gasteiger partial charge is 0.409 e. The summed E-state index contributed by atoms with van der Waals surface area (Å²) in [7, 11) is 0. The summed E-state index contributed by atoms with van der Waals surface area (Å²) in [6.45, 7) is 5.73. The summed E-state index contributed by atoms with van der Waals surface area (Å²) in [5.41, 5.74) is 2.16. The van der Waals surface area contributed by atoms with E-state index in [1.807, 2.05) is 24.3 Å². The summed E-state index contributed by atoms with van der Waals surface area (Å²) in [6, 6.07) is 8.01. The van der Waals surface area contributed by atoms with Gasteiger partial charge in [-0.15, -0.1) is 0 Å². The number of ether oxygens (including phenoxy) is 1. The Hall–Kier alpha value is -2.39. The molecular weight excluding hydrogens is 422 g/mol. The molecule has 2 aliphatic heterocycles. The van der Waals surface area contributed by atoms with Crippen LogP contribution in [0.4, 0.5) is 4.79 Å². The van der Waals surface area contributed by atoms with Crippen molar-refractivity contribution in [1.29, 1.82) is 0 Å². The van der Waals surface area contributed by atoms with Crippen LogP contribution in [0.3, 0.4) is 0 Å². The highest BCUT2D eigenvalue weighted by molar-refractivity contribution is 8.26. The first kappa shape index (κ1) is 22.3. The molecule has 0 radical (unpaired) electrons. The van der Waals surface area contributed by atoms with Gasteiger partial charge in [0.15, 0.2) is 0 Å². The van der Waals surface area contributed by atoms with E-state index in [2.05, 4.69) is 6.92 Å². The number of aryl methyl sites for hydroxylation is 1. The van der Waals surface area contributed by atoms with Gasteiger partial charge in [-0.25, -0.2) is 4.79 Å². The van der Waals surface area contributed by atoms with E-state index >= 15 is 0 Å². The lowest BCUT2D eigenvalue weighted by atomic mass is 10.1. The van der Waals surface area contributed by atoms with E-state index in [1.165, 1.54) is 22.2 Å². The minimum Gasteiger partial charge on any atom is -0.450 e. The van der Waals surface area contributed by atoms with E-state index in [9.17, 15) is 14.4 Å². The predicted octanol–water partition coefficient (Wildman–Crippen LogP) is 2.75. The number of piperazine rings is 1. The minimum atomic E-state index is -0.362. The predicted molar refractivity (Wildman–Crippen MR) is 121 cm³/mol. The molecule has 0 spiro atoms. The van der Waals surface area contributed by atoms with Crippen LogP contribution in [0.15, 0.2) is 29.2 Å². The molecule has 3 amide bonds. The molecule has 0 unspecified atom stereocenters. The van der Waals surface area contributed by atoms with Gasteiger partial charge in [0.25, 0.3) is 5.91 Å². The number of thiocarbonyl (C=S) groups is 1. The molecule has 1 aromatic carbocycles. The molecule has 160 valence electrons. The standard InChI is InChI=1S/C21H25N3O4S2/c1-3-15-5-7-16(8-6-15)13-17-19(26)24(21(29)30-17)14-18(25)22-9-11-23(12-10-22)20(27)28-4-2/h5-8,13H,3-4,9-12,14H2,1-2H3/b17-13-. The Bertz CT molecular complexity index is 862. The van der Waals surface area contributed by atoms with Crippen LogP contribution in [0.25, 0.3) is 6.08 Å². The average molecular weight is 448 g/mol. The Morgan fingerprint density at radius 3 is 2.33 bits per heavy atom. The van der Waals surface area contributed by atoms with Gasteiger partial charge in [-0.2, -0.15) is 0 Å². The van der Waals surface area contributed by atoms with Crippen LogP contribution in [0.2, 0.25) is 0 Å². The summed E-state index contributed by atoms with van der Waals surface area (Å²) in [5, 5.41) is 0. The zero-order valence-electron chi connectivity index (χ0n) is 17.1. The van der Waals surface area contributed by atoms with Crippen LogP contribution in [0, 0.1) is 0 Å². The van der Waals surface area contributed by atoms with Crippen molar-refractivity contribution in [3.8, 4) is 0 Å². The highest BCUT2D eigenvalue weighted by Gasteiger charge is 2.35. The largest absolute Gasteiger partial charge is 0.450 e. The van der Waals surface area contributed by atoms with Gasteiger partial charge in [0.05, 0.1) is 11.5 Å². The van der Waals surface area contributed by atoms with Gasteiger partial charge in [-0.1, -0.05) is 55.2 Å². The van der Waals surface area contributed by atoms with Crippen molar-refractivity contribution in [3.05, 3.63) is 40.3 Å². The number of amides is 3. The summed E-state index contributed by atoms with van der Waals surface area (Å²) in [6.07, 6.45) is 2.40. The van der Waals surface area contributed by atoms with Gasteiger partial charge < -0.3 is 14.5 Å². The Labute approximate surface area is 186 Å². The first-order chi connectivity index (χ1) is 14.4. The maximum absolute atomic E-state index is 12.8. The van der Waals surface area contributed by atoms with Crippen LogP contribution < -0.4 is 0 Å². The normalized spacial score (nSPS) is 18.3. The minimum absolute atomic E-state index is 0.0871. The SMILES string of the molecule is CCOC(=O)N1CCN(C(=O)CN2C(=O)/C(=C/c3ccc(CC)cc3)SC2=S)CC1.